The maximum atomic E-state index is 11.2. The van der Waals surface area contributed by atoms with Crippen molar-refractivity contribution in [3.8, 4) is 0 Å². The zero-order chi connectivity index (χ0) is 11.0. The summed E-state index contributed by atoms with van der Waals surface area (Å²) >= 11 is 1.85. The molecule has 0 aliphatic carbocycles. The lowest BCUT2D eigenvalue weighted by Crippen LogP contribution is -2.38. The lowest BCUT2D eigenvalue weighted by molar-refractivity contribution is -0.120. The second kappa shape index (κ2) is 8.12. The summed E-state index contributed by atoms with van der Waals surface area (Å²) in [6.07, 6.45) is 3.21. The third kappa shape index (κ3) is 8.38. The van der Waals surface area contributed by atoms with E-state index in [2.05, 4.69) is 23.8 Å². The molecule has 0 saturated carbocycles. The number of amides is 1. The predicted molar refractivity (Wildman–Crippen MR) is 63.7 cm³/mol. The molecule has 0 fully saturated rings. The summed E-state index contributed by atoms with van der Waals surface area (Å²) < 4.78 is 0. The summed E-state index contributed by atoms with van der Waals surface area (Å²) in [6, 6.07) is 0.231. The van der Waals surface area contributed by atoms with Crippen molar-refractivity contribution in [3.63, 3.8) is 0 Å². The predicted octanol–water partition coefficient (Wildman–Crippen LogP) is 1.24. The van der Waals surface area contributed by atoms with E-state index in [4.69, 9.17) is 0 Å². The van der Waals surface area contributed by atoms with Gasteiger partial charge in [0.2, 0.25) is 5.91 Å². The van der Waals surface area contributed by atoms with Gasteiger partial charge in [0.05, 0.1) is 6.54 Å². The van der Waals surface area contributed by atoms with E-state index in [1.54, 1.807) is 0 Å². The summed E-state index contributed by atoms with van der Waals surface area (Å²) in [5.74, 6) is 0.0804. The van der Waals surface area contributed by atoms with Crippen molar-refractivity contribution in [1.82, 2.24) is 10.6 Å². The van der Waals surface area contributed by atoms with Crippen molar-refractivity contribution in [2.24, 2.45) is 0 Å². The van der Waals surface area contributed by atoms with E-state index in [1.807, 2.05) is 25.6 Å². The molecule has 1 atom stereocenters. The Labute approximate surface area is 91.4 Å². The van der Waals surface area contributed by atoms with E-state index in [-0.39, 0.29) is 11.9 Å². The molecule has 0 rings (SSSR count). The fourth-order valence-corrected chi connectivity index (χ4v) is 1.35. The molecule has 1 amide bonds. The quantitative estimate of drug-likeness (QED) is 0.632. The highest BCUT2D eigenvalue weighted by Gasteiger charge is 2.02. The van der Waals surface area contributed by atoms with Crippen LogP contribution in [0.2, 0.25) is 0 Å². The molecule has 14 heavy (non-hydrogen) atoms. The van der Waals surface area contributed by atoms with Gasteiger partial charge >= 0.3 is 0 Å². The second-order valence-electron chi connectivity index (χ2n) is 3.73. The molecule has 0 saturated heterocycles. The van der Waals surface area contributed by atoms with Gasteiger partial charge in [-0.15, -0.1) is 0 Å². The van der Waals surface area contributed by atoms with Crippen LogP contribution in [-0.2, 0) is 4.79 Å². The van der Waals surface area contributed by atoms with E-state index in [0.29, 0.717) is 11.8 Å². The summed E-state index contributed by atoms with van der Waals surface area (Å²) in [4.78, 5) is 11.2. The fourth-order valence-electron chi connectivity index (χ4n) is 0.998. The van der Waals surface area contributed by atoms with E-state index in [9.17, 15) is 4.79 Å². The number of hydrogen-bond acceptors (Lipinski definition) is 3. The van der Waals surface area contributed by atoms with Crippen LogP contribution in [0.3, 0.4) is 0 Å². The van der Waals surface area contributed by atoms with Crippen molar-refractivity contribution >= 4 is 17.7 Å². The van der Waals surface area contributed by atoms with Crippen molar-refractivity contribution in [2.45, 2.75) is 38.5 Å². The first-order valence-corrected chi connectivity index (χ1v) is 6.38. The van der Waals surface area contributed by atoms with Gasteiger partial charge in [-0.3, -0.25) is 4.79 Å². The van der Waals surface area contributed by atoms with Gasteiger partial charge in [0.25, 0.3) is 0 Å². The van der Waals surface area contributed by atoms with Crippen LogP contribution in [0.25, 0.3) is 0 Å². The lowest BCUT2D eigenvalue weighted by Gasteiger charge is -2.10. The Morgan fingerprint density at radius 1 is 1.36 bits per heavy atom. The molecule has 0 spiro atoms. The van der Waals surface area contributed by atoms with Crippen molar-refractivity contribution in [2.75, 3.05) is 19.3 Å². The van der Waals surface area contributed by atoms with Gasteiger partial charge in [0.15, 0.2) is 0 Å². The highest BCUT2D eigenvalue weighted by Crippen LogP contribution is 2.07. The van der Waals surface area contributed by atoms with Crippen molar-refractivity contribution < 1.29 is 4.79 Å². The van der Waals surface area contributed by atoms with Crippen LogP contribution in [0.5, 0.6) is 0 Å². The van der Waals surface area contributed by atoms with Crippen LogP contribution in [0.1, 0.15) is 27.2 Å². The number of thioether (sulfide) groups is 1. The summed E-state index contributed by atoms with van der Waals surface area (Å²) in [6.45, 7) is 7.47. The molecule has 0 bridgehead atoms. The fraction of sp³-hybridized carbons (Fsp3) is 0.900. The summed E-state index contributed by atoms with van der Waals surface area (Å²) in [7, 11) is 0. The van der Waals surface area contributed by atoms with Gasteiger partial charge in [0.1, 0.15) is 0 Å². The third-order valence-corrected chi connectivity index (χ3v) is 2.91. The SMILES string of the molecule is CSC(C)CCNCC(=O)NC(C)C. The molecule has 0 aromatic carbocycles. The zero-order valence-electron chi connectivity index (χ0n) is 9.59. The van der Waals surface area contributed by atoms with Crippen LogP contribution in [-0.4, -0.2) is 36.5 Å². The van der Waals surface area contributed by atoms with Crippen molar-refractivity contribution in [3.05, 3.63) is 0 Å². The van der Waals surface area contributed by atoms with E-state index >= 15 is 0 Å². The number of carbonyl (C=O) groups is 1. The topological polar surface area (TPSA) is 41.1 Å². The van der Waals surface area contributed by atoms with Gasteiger partial charge in [-0.25, -0.2) is 0 Å². The van der Waals surface area contributed by atoms with Gasteiger partial charge in [-0.05, 0) is 33.1 Å². The Balaban J connectivity index is 3.31. The molecule has 0 heterocycles. The van der Waals surface area contributed by atoms with Gasteiger partial charge in [0, 0.05) is 11.3 Å². The van der Waals surface area contributed by atoms with Crippen molar-refractivity contribution in [1.29, 1.82) is 0 Å². The van der Waals surface area contributed by atoms with E-state index in [0.717, 1.165) is 13.0 Å². The molecule has 2 N–H and O–H groups in total. The maximum Gasteiger partial charge on any atom is 0.234 e. The first-order chi connectivity index (χ1) is 6.56. The molecule has 0 radical (unpaired) electrons. The molecule has 0 aromatic heterocycles. The minimum atomic E-state index is 0.0804. The second-order valence-corrected chi connectivity index (χ2v) is 5.01. The van der Waals surface area contributed by atoms with Crippen LogP contribution in [0.15, 0.2) is 0 Å². The van der Waals surface area contributed by atoms with Crippen LogP contribution in [0, 0.1) is 0 Å². The van der Waals surface area contributed by atoms with E-state index in [1.165, 1.54) is 0 Å². The largest absolute Gasteiger partial charge is 0.353 e. The number of nitrogens with one attached hydrogen (secondary N) is 2. The molecule has 84 valence electrons. The van der Waals surface area contributed by atoms with Crippen LogP contribution < -0.4 is 10.6 Å². The highest BCUT2D eigenvalue weighted by atomic mass is 32.2. The Morgan fingerprint density at radius 3 is 2.50 bits per heavy atom. The summed E-state index contributed by atoms with van der Waals surface area (Å²) in [5.41, 5.74) is 0. The highest BCUT2D eigenvalue weighted by molar-refractivity contribution is 7.99. The number of hydrogen-bond donors (Lipinski definition) is 2. The lowest BCUT2D eigenvalue weighted by atomic mass is 10.3. The molecule has 3 nitrogen and oxygen atoms in total. The van der Waals surface area contributed by atoms with Crippen LogP contribution >= 0.6 is 11.8 Å². The van der Waals surface area contributed by atoms with Crippen LogP contribution in [0.4, 0.5) is 0 Å². The van der Waals surface area contributed by atoms with Gasteiger partial charge in [-0.2, -0.15) is 11.8 Å². The molecule has 4 heteroatoms. The minimum Gasteiger partial charge on any atom is -0.353 e. The molecule has 0 aliphatic heterocycles. The number of carbonyl (C=O) groups excluding carboxylic acids is 1. The smallest absolute Gasteiger partial charge is 0.234 e. The Hall–Kier alpha value is -0.220. The molecular weight excluding hydrogens is 196 g/mol. The first-order valence-electron chi connectivity index (χ1n) is 5.09. The molecule has 0 aliphatic rings. The Bertz CT molecular complexity index is 162. The zero-order valence-corrected chi connectivity index (χ0v) is 10.4. The Morgan fingerprint density at radius 2 is 2.00 bits per heavy atom. The maximum absolute atomic E-state index is 11.2. The average molecular weight is 218 g/mol. The first kappa shape index (κ1) is 13.8. The van der Waals surface area contributed by atoms with Gasteiger partial charge in [-0.1, -0.05) is 6.92 Å². The molecule has 0 aromatic rings. The summed E-state index contributed by atoms with van der Waals surface area (Å²) in [5, 5.41) is 6.63. The molecular formula is C10H22N2OS. The average Bonchev–Trinajstić information content (AvgIpc) is 2.10. The normalized spacial score (nSPS) is 12.9. The monoisotopic (exact) mass is 218 g/mol. The molecule has 1 unspecified atom stereocenters. The van der Waals surface area contributed by atoms with E-state index < -0.39 is 0 Å². The van der Waals surface area contributed by atoms with Gasteiger partial charge < -0.3 is 10.6 Å². The third-order valence-electron chi connectivity index (χ3n) is 1.87. The standard InChI is InChI=1S/C10H22N2OS/c1-8(2)12-10(13)7-11-6-5-9(3)14-4/h8-9,11H,5-7H2,1-4H3,(H,12,13). The minimum absolute atomic E-state index is 0.0804. The number of rotatable bonds is 7. The Kier molecular flexibility index (Phi) is 7.99.